The topological polar surface area (TPSA) is 60.2 Å². The fourth-order valence-electron chi connectivity index (χ4n) is 1.77. The molecule has 2 rings (SSSR count). The monoisotopic (exact) mass is 207 g/mol. The minimum atomic E-state index is -0.0247. The molecule has 0 amide bonds. The molecule has 1 aliphatic heterocycles. The summed E-state index contributed by atoms with van der Waals surface area (Å²) in [6.45, 7) is 5.04. The molecule has 0 spiro atoms. The first kappa shape index (κ1) is 10.2. The van der Waals surface area contributed by atoms with Crippen molar-refractivity contribution >= 4 is 11.5 Å². The number of pyridine rings is 1. The Labute approximate surface area is 89.8 Å². The molecule has 0 aliphatic carbocycles. The molecule has 2 atom stereocenters. The van der Waals surface area contributed by atoms with E-state index in [-0.39, 0.29) is 11.6 Å². The van der Waals surface area contributed by atoms with Crippen LogP contribution in [0.15, 0.2) is 18.3 Å². The van der Waals surface area contributed by atoms with Gasteiger partial charge in [0.05, 0.1) is 23.5 Å². The molecule has 15 heavy (non-hydrogen) atoms. The summed E-state index contributed by atoms with van der Waals surface area (Å²) in [7, 11) is 0. The predicted molar refractivity (Wildman–Crippen MR) is 60.7 cm³/mol. The van der Waals surface area contributed by atoms with Gasteiger partial charge in [-0.25, -0.2) is 4.98 Å². The zero-order valence-electron chi connectivity index (χ0n) is 9.16. The third-order valence-electron chi connectivity index (χ3n) is 3.09. The van der Waals surface area contributed by atoms with Crippen molar-refractivity contribution in [3.63, 3.8) is 0 Å². The van der Waals surface area contributed by atoms with Crippen molar-refractivity contribution in [2.24, 2.45) is 0 Å². The summed E-state index contributed by atoms with van der Waals surface area (Å²) in [5, 5.41) is 3.40. The average molecular weight is 207 g/mol. The molecule has 0 bridgehead atoms. The van der Waals surface area contributed by atoms with Gasteiger partial charge in [-0.1, -0.05) is 0 Å². The summed E-state index contributed by atoms with van der Waals surface area (Å²) in [5.41, 5.74) is 6.24. The number of hydrogen-bond donors (Lipinski definition) is 2. The van der Waals surface area contributed by atoms with Gasteiger partial charge in [-0.15, -0.1) is 0 Å². The molecule has 1 aromatic rings. The number of nitrogen functional groups attached to an aromatic ring is 1. The third kappa shape index (κ3) is 2.04. The molecular formula is C11H17N3O. The summed E-state index contributed by atoms with van der Waals surface area (Å²) >= 11 is 0. The standard InChI is InChI=1S/C11H17N3O/c1-8-11(2,5-6-15-8)14-10-4-3-9(12)7-13-10/h3-4,7-8H,5-6,12H2,1-2H3,(H,13,14). The number of rotatable bonds is 2. The lowest BCUT2D eigenvalue weighted by Crippen LogP contribution is -2.41. The maximum absolute atomic E-state index is 5.58. The highest BCUT2D eigenvalue weighted by Crippen LogP contribution is 2.28. The second-order valence-electron chi connectivity index (χ2n) is 4.28. The number of nitrogens with one attached hydrogen (secondary N) is 1. The zero-order valence-corrected chi connectivity index (χ0v) is 9.16. The number of nitrogens with zero attached hydrogens (tertiary/aromatic N) is 1. The van der Waals surface area contributed by atoms with E-state index in [0.717, 1.165) is 18.8 Å². The van der Waals surface area contributed by atoms with Crippen LogP contribution in [0.4, 0.5) is 11.5 Å². The lowest BCUT2D eigenvalue weighted by Gasteiger charge is -2.29. The van der Waals surface area contributed by atoms with Crippen LogP contribution in [0.3, 0.4) is 0 Å². The molecule has 0 aromatic carbocycles. The smallest absolute Gasteiger partial charge is 0.126 e. The Kier molecular flexibility index (Phi) is 2.52. The van der Waals surface area contributed by atoms with Crippen LogP contribution in [0.5, 0.6) is 0 Å². The van der Waals surface area contributed by atoms with Crippen molar-refractivity contribution in [2.45, 2.75) is 31.9 Å². The SMILES string of the molecule is CC1OCCC1(C)Nc1ccc(N)cn1. The molecule has 4 nitrogen and oxygen atoms in total. The Balaban J connectivity index is 2.11. The van der Waals surface area contributed by atoms with Gasteiger partial charge in [0.1, 0.15) is 5.82 Å². The Morgan fingerprint density at radius 3 is 2.93 bits per heavy atom. The van der Waals surface area contributed by atoms with Gasteiger partial charge in [-0.2, -0.15) is 0 Å². The molecule has 2 unspecified atom stereocenters. The number of anilines is 2. The zero-order chi connectivity index (χ0) is 10.9. The number of ether oxygens (including phenoxy) is 1. The predicted octanol–water partition coefficient (Wildman–Crippen LogP) is 1.64. The van der Waals surface area contributed by atoms with Crippen LogP contribution >= 0.6 is 0 Å². The Hall–Kier alpha value is -1.29. The van der Waals surface area contributed by atoms with Gasteiger partial charge in [-0.3, -0.25) is 0 Å². The maximum atomic E-state index is 5.58. The molecule has 1 fully saturated rings. The molecule has 0 radical (unpaired) electrons. The Morgan fingerprint density at radius 2 is 2.40 bits per heavy atom. The normalized spacial score (nSPS) is 30.4. The van der Waals surface area contributed by atoms with Gasteiger partial charge in [0.15, 0.2) is 0 Å². The fraction of sp³-hybridized carbons (Fsp3) is 0.545. The van der Waals surface area contributed by atoms with Crippen LogP contribution in [0, 0.1) is 0 Å². The number of nitrogens with two attached hydrogens (primary N) is 1. The van der Waals surface area contributed by atoms with E-state index in [1.807, 2.05) is 12.1 Å². The van der Waals surface area contributed by atoms with E-state index in [2.05, 4.69) is 24.1 Å². The van der Waals surface area contributed by atoms with Gasteiger partial charge in [-0.05, 0) is 32.4 Å². The molecule has 1 aromatic heterocycles. The lowest BCUT2D eigenvalue weighted by molar-refractivity contribution is 0.105. The first-order chi connectivity index (χ1) is 7.10. The third-order valence-corrected chi connectivity index (χ3v) is 3.09. The van der Waals surface area contributed by atoms with Crippen molar-refractivity contribution in [3.8, 4) is 0 Å². The number of aromatic nitrogens is 1. The molecule has 82 valence electrons. The van der Waals surface area contributed by atoms with Crippen LogP contribution in [-0.4, -0.2) is 23.2 Å². The molecule has 0 saturated carbocycles. The summed E-state index contributed by atoms with van der Waals surface area (Å²) in [5.74, 6) is 0.851. The first-order valence-corrected chi connectivity index (χ1v) is 5.21. The molecule has 3 N–H and O–H groups in total. The van der Waals surface area contributed by atoms with Gasteiger partial charge in [0.25, 0.3) is 0 Å². The largest absolute Gasteiger partial charge is 0.397 e. The second-order valence-corrected chi connectivity index (χ2v) is 4.28. The minimum absolute atomic E-state index is 0.0247. The molecular weight excluding hydrogens is 190 g/mol. The first-order valence-electron chi connectivity index (χ1n) is 5.21. The van der Waals surface area contributed by atoms with E-state index in [1.165, 1.54) is 0 Å². The number of hydrogen-bond acceptors (Lipinski definition) is 4. The van der Waals surface area contributed by atoms with Crippen molar-refractivity contribution in [1.29, 1.82) is 0 Å². The van der Waals surface area contributed by atoms with Crippen LogP contribution in [0.1, 0.15) is 20.3 Å². The summed E-state index contributed by atoms with van der Waals surface area (Å²) in [4.78, 5) is 4.23. The van der Waals surface area contributed by atoms with Crippen molar-refractivity contribution in [2.75, 3.05) is 17.7 Å². The van der Waals surface area contributed by atoms with Gasteiger partial charge in [0, 0.05) is 6.61 Å². The highest BCUT2D eigenvalue weighted by molar-refractivity contribution is 5.45. The summed E-state index contributed by atoms with van der Waals surface area (Å²) in [6, 6.07) is 3.74. The minimum Gasteiger partial charge on any atom is -0.397 e. The van der Waals surface area contributed by atoms with Crippen molar-refractivity contribution < 1.29 is 4.74 Å². The van der Waals surface area contributed by atoms with Gasteiger partial charge >= 0.3 is 0 Å². The van der Waals surface area contributed by atoms with E-state index in [0.29, 0.717) is 5.69 Å². The van der Waals surface area contributed by atoms with Crippen LogP contribution in [0.25, 0.3) is 0 Å². The van der Waals surface area contributed by atoms with Crippen LogP contribution < -0.4 is 11.1 Å². The molecule has 1 saturated heterocycles. The fourth-order valence-corrected chi connectivity index (χ4v) is 1.77. The summed E-state index contributed by atoms with van der Waals surface area (Å²) in [6.07, 6.45) is 2.86. The molecule has 2 heterocycles. The lowest BCUT2D eigenvalue weighted by atomic mass is 9.95. The Bertz CT molecular complexity index is 338. The van der Waals surface area contributed by atoms with Crippen molar-refractivity contribution in [1.82, 2.24) is 4.98 Å². The molecule has 4 heteroatoms. The Morgan fingerprint density at radius 1 is 1.60 bits per heavy atom. The van der Waals surface area contributed by atoms with Crippen molar-refractivity contribution in [3.05, 3.63) is 18.3 Å². The van der Waals surface area contributed by atoms with Gasteiger partial charge in [0.2, 0.25) is 0 Å². The maximum Gasteiger partial charge on any atom is 0.126 e. The average Bonchev–Trinajstić information content (AvgIpc) is 2.51. The van der Waals surface area contributed by atoms with E-state index in [1.54, 1.807) is 6.20 Å². The highest BCUT2D eigenvalue weighted by Gasteiger charge is 2.37. The van der Waals surface area contributed by atoms with E-state index >= 15 is 0 Å². The molecule has 1 aliphatic rings. The quantitative estimate of drug-likeness (QED) is 0.774. The van der Waals surface area contributed by atoms with Crippen LogP contribution in [-0.2, 0) is 4.74 Å². The highest BCUT2D eigenvalue weighted by atomic mass is 16.5. The van der Waals surface area contributed by atoms with E-state index in [9.17, 15) is 0 Å². The summed E-state index contributed by atoms with van der Waals surface area (Å²) < 4.78 is 5.55. The van der Waals surface area contributed by atoms with E-state index in [4.69, 9.17) is 10.5 Å². The van der Waals surface area contributed by atoms with E-state index < -0.39 is 0 Å². The van der Waals surface area contributed by atoms with Crippen LogP contribution in [0.2, 0.25) is 0 Å². The second kappa shape index (κ2) is 3.70. The van der Waals surface area contributed by atoms with Gasteiger partial charge < -0.3 is 15.8 Å².